The number of carbonyl (C=O) groups excluding carboxylic acids is 1. The first-order valence-electron chi connectivity index (χ1n) is 10.7. The minimum atomic E-state index is -1.05. The minimum absolute atomic E-state index is 0.0661. The van der Waals surface area contributed by atoms with E-state index >= 15 is 0 Å². The molecular weight excluding hydrogens is 422 g/mol. The quantitative estimate of drug-likeness (QED) is 0.478. The Morgan fingerprint density at radius 2 is 1.64 bits per heavy atom. The lowest BCUT2D eigenvalue weighted by molar-refractivity contribution is -0.141. The van der Waals surface area contributed by atoms with Crippen LogP contribution in [0.15, 0.2) is 66.7 Å². The van der Waals surface area contributed by atoms with Crippen LogP contribution in [0.1, 0.15) is 22.6 Å². The van der Waals surface area contributed by atoms with E-state index in [1.807, 2.05) is 36.4 Å². The Morgan fingerprint density at radius 1 is 1.00 bits per heavy atom. The van der Waals surface area contributed by atoms with Crippen molar-refractivity contribution in [1.29, 1.82) is 0 Å². The van der Waals surface area contributed by atoms with E-state index in [9.17, 15) is 19.8 Å². The van der Waals surface area contributed by atoms with Crippen molar-refractivity contribution >= 4 is 12.1 Å². The minimum Gasteiger partial charge on any atom is -0.504 e. The molecule has 3 aromatic carbocycles. The van der Waals surface area contributed by atoms with Crippen LogP contribution in [0.5, 0.6) is 11.5 Å². The van der Waals surface area contributed by atoms with Crippen LogP contribution in [0.2, 0.25) is 0 Å². The second-order valence-corrected chi connectivity index (χ2v) is 7.95. The number of hydrogen-bond acceptors (Lipinski definition) is 5. The van der Waals surface area contributed by atoms with E-state index in [-0.39, 0.29) is 31.2 Å². The van der Waals surface area contributed by atoms with E-state index < -0.39 is 18.0 Å². The van der Waals surface area contributed by atoms with Gasteiger partial charge in [0.15, 0.2) is 11.5 Å². The predicted octanol–water partition coefficient (Wildman–Crippen LogP) is 4.18. The monoisotopic (exact) mass is 447 g/mol. The number of amides is 1. The van der Waals surface area contributed by atoms with Crippen LogP contribution in [-0.4, -0.2) is 42.5 Å². The van der Waals surface area contributed by atoms with Crippen molar-refractivity contribution in [2.45, 2.75) is 12.3 Å². The number of fused-ring (bicyclic) bond motifs is 3. The summed E-state index contributed by atoms with van der Waals surface area (Å²) >= 11 is 0. The van der Waals surface area contributed by atoms with Crippen molar-refractivity contribution in [2.75, 3.05) is 20.3 Å². The summed E-state index contributed by atoms with van der Waals surface area (Å²) in [4.78, 5) is 24.0. The van der Waals surface area contributed by atoms with Gasteiger partial charge in [-0.05, 0) is 46.4 Å². The van der Waals surface area contributed by atoms with Gasteiger partial charge in [-0.1, -0.05) is 54.6 Å². The van der Waals surface area contributed by atoms with Gasteiger partial charge in [-0.25, -0.2) is 4.79 Å². The molecule has 1 aliphatic carbocycles. The van der Waals surface area contributed by atoms with Crippen LogP contribution in [0.25, 0.3) is 11.1 Å². The summed E-state index contributed by atoms with van der Waals surface area (Å²) in [6, 6.07) is 20.8. The zero-order valence-electron chi connectivity index (χ0n) is 18.2. The smallest absolute Gasteiger partial charge is 0.407 e. The molecule has 1 atom stereocenters. The van der Waals surface area contributed by atoms with Gasteiger partial charge in [0.05, 0.1) is 13.0 Å². The number of nitrogens with one attached hydrogen (secondary N) is 1. The first-order chi connectivity index (χ1) is 16.0. The van der Waals surface area contributed by atoms with Gasteiger partial charge in [-0.3, -0.25) is 4.79 Å². The van der Waals surface area contributed by atoms with Crippen molar-refractivity contribution in [2.24, 2.45) is 5.92 Å². The topological polar surface area (TPSA) is 105 Å². The molecule has 0 unspecified atom stereocenters. The largest absolute Gasteiger partial charge is 0.504 e. The third kappa shape index (κ3) is 4.77. The number of aliphatic carboxylic acids is 1. The van der Waals surface area contributed by atoms with E-state index in [0.717, 1.165) is 22.3 Å². The Hall–Kier alpha value is -4.00. The average molecular weight is 447 g/mol. The number of carboxylic acids is 1. The number of benzene rings is 3. The molecule has 7 nitrogen and oxygen atoms in total. The zero-order valence-corrected chi connectivity index (χ0v) is 18.2. The maximum absolute atomic E-state index is 12.4. The number of methoxy groups -OCH3 is 1. The molecule has 3 aromatic rings. The SMILES string of the molecule is COc1ccc(C[C@@H](CNC(=O)OCC2c3ccccc3-c3ccccc32)C(=O)O)cc1O. The molecule has 0 aliphatic heterocycles. The number of carbonyl (C=O) groups is 2. The molecule has 33 heavy (non-hydrogen) atoms. The number of aromatic hydroxyl groups is 1. The van der Waals surface area contributed by atoms with Gasteiger partial charge in [0.2, 0.25) is 0 Å². The van der Waals surface area contributed by atoms with Gasteiger partial charge < -0.3 is 25.0 Å². The predicted molar refractivity (Wildman–Crippen MR) is 123 cm³/mol. The lowest BCUT2D eigenvalue weighted by Gasteiger charge is -2.17. The Labute approximate surface area is 191 Å². The second kappa shape index (κ2) is 9.65. The summed E-state index contributed by atoms with van der Waals surface area (Å²) in [5.41, 5.74) is 5.10. The number of rotatable bonds is 8. The van der Waals surface area contributed by atoms with Crippen molar-refractivity contribution in [1.82, 2.24) is 5.32 Å². The van der Waals surface area contributed by atoms with Crippen molar-refractivity contribution in [3.63, 3.8) is 0 Å². The zero-order chi connectivity index (χ0) is 23.4. The van der Waals surface area contributed by atoms with E-state index in [2.05, 4.69) is 17.4 Å². The highest BCUT2D eigenvalue weighted by Crippen LogP contribution is 2.44. The average Bonchev–Trinajstić information content (AvgIpc) is 3.14. The number of phenolic OH excluding ortho intramolecular Hbond substituents is 1. The maximum Gasteiger partial charge on any atom is 0.407 e. The fourth-order valence-electron chi connectivity index (χ4n) is 4.25. The fraction of sp³-hybridized carbons (Fsp3) is 0.231. The van der Waals surface area contributed by atoms with Crippen LogP contribution in [0.3, 0.4) is 0 Å². The number of hydrogen-bond donors (Lipinski definition) is 3. The number of carboxylic acid groups (broad SMARTS) is 1. The highest BCUT2D eigenvalue weighted by Gasteiger charge is 2.29. The van der Waals surface area contributed by atoms with Crippen molar-refractivity contribution in [3.8, 4) is 22.6 Å². The van der Waals surface area contributed by atoms with E-state index in [0.29, 0.717) is 11.3 Å². The number of alkyl carbamates (subject to hydrolysis) is 1. The summed E-state index contributed by atoms with van der Waals surface area (Å²) in [6.07, 6.45) is -0.531. The molecule has 0 spiro atoms. The molecular formula is C26H25NO6. The van der Waals surface area contributed by atoms with Crippen molar-refractivity contribution in [3.05, 3.63) is 83.4 Å². The molecule has 0 saturated heterocycles. The van der Waals surface area contributed by atoms with Gasteiger partial charge in [0.1, 0.15) is 6.61 Å². The lowest BCUT2D eigenvalue weighted by Crippen LogP contribution is -2.35. The van der Waals surface area contributed by atoms with E-state index in [1.54, 1.807) is 12.1 Å². The summed E-state index contributed by atoms with van der Waals surface area (Å²) in [7, 11) is 1.44. The Balaban J connectivity index is 1.36. The Bertz CT molecular complexity index is 1130. The van der Waals surface area contributed by atoms with Gasteiger partial charge in [0.25, 0.3) is 0 Å². The summed E-state index contributed by atoms with van der Waals surface area (Å²) in [6.45, 7) is 0.0583. The third-order valence-corrected chi connectivity index (χ3v) is 5.91. The molecule has 1 amide bonds. The highest BCUT2D eigenvalue weighted by molar-refractivity contribution is 5.79. The van der Waals surface area contributed by atoms with Crippen molar-refractivity contribution < 1.29 is 29.3 Å². The molecule has 0 fully saturated rings. The van der Waals surface area contributed by atoms with Crippen LogP contribution in [-0.2, 0) is 16.0 Å². The summed E-state index contributed by atoms with van der Waals surface area (Å²) in [5, 5.41) is 22.0. The van der Waals surface area contributed by atoms with E-state index in [4.69, 9.17) is 9.47 Å². The molecule has 0 heterocycles. The molecule has 1 aliphatic rings. The molecule has 7 heteroatoms. The molecule has 3 N–H and O–H groups in total. The van der Waals surface area contributed by atoms with Crippen LogP contribution in [0, 0.1) is 5.92 Å². The number of ether oxygens (including phenoxy) is 2. The highest BCUT2D eigenvalue weighted by atomic mass is 16.5. The standard InChI is InChI=1S/C26H25NO6/c1-32-24-11-10-16(13-23(24)28)12-17(25(29)30)14-27-26(31)33-15-22-20-8-4-2-6-18(20)19-7-3-5-9-21(19)22/h2-11,13,17,22,28H,12,14-15H2,1H3,(H,27,31)(H,29,30)/t17-/m0/s1. The Kier molecular flexibility index (Phi) is 6.49. The van der Waals surface area contributed by atoms with Gasteiger partial charge in [-0.2, -0.15) is 0 Å². The Morgan fingerprint density at radius 3 is 2.21 bits per heavy atom. The first-order valence-corrected chi connectivity index (χ1v) is 10.7. The van der Waals surface area contributed by atoms with Gasteiger partial charge in [-0.15, -0.1) is 0 Å². The molecule has 0 bridgehead atoms. The fourth-order valence-corrected chi connectivity index (χ4v) is 4.25. The first kappa shape index (κ1) is 22.2. The van der Waals surface area contributed by atoms with Crippen LogP contribution in [0.4, 0.5) is 4.79 Å². The van der Waals surface area contributed by atoms with Gasteiger partial charge >= 0.3 is 12.1 Å². The lowest BCUT2D eigenvalue weighted by atomic mass is 9.98. The molecule has 0 saturated carbocycles. The maximum atomic E-state index is 12.4. The molecule has 4 rings (SSSR count). The van der Waals surface area contributed by atoms with E-state index in [1.165, 1.54) is 13.2 Å². The third-order valence-electron chi connectivity index (χ3n) is 5.91. The van der Waals surface area contributed by atoms with Gasteiger partial charge in [0, 0.05) is 12.5 Å². The van der Waals surface area contributed by atoms with Crippen LogP contribution >= 0.6 is 0 Å². The molecule has 170 valence electrons. The van der Waals surface area contributed by atoms with Crippen LogP contribution < -0.4 is 10.1 Å². The summed E-state index contributed by atoms with van der Waals surface area (Å²) in [5.74, 6) is -1.76. The molecule has 0 radical (unpaired) electrons. The second-order valence-electron chi connectivity index (χ2n) is 7.95. The number of phenols is 1. The summed E-state index contributed by atoms with van der Waals surface area (Å²) < 4.78 is 10.5. The normalized spacial score (nSPS) is 13.0. The molecule has 0 aromatic heterocycles.